The lowest BCUT2D eigenvalue weighted by Gasteiger charge is -2.13. The Kier molecular flexibility index (Phi) is 6.72. The Labute approximate surface area is 112 Å². The average Bonchev–Trinajstić information content (AvgIpc) is 2.36. The van der Waals surface area contributed by atoms with Crippen molar-refractivity contribution >= 4 is 17.5 Å². The number of benzene rings is 1. The highest BCUT2D eigenvalue weighted by Gasteiger charge is 2.10. The van der Waals surface area contributed by atoms with Gasteiger partial charge in [0.05, 0.1) is 12.6 Å². The molecule has 1 aromatic carbocycles. The second kappa shape index (κ2) is 8.08. The SMILES string of the molecule is CCCNC(=O)CNCC(O)c1ccccc1Cl. The summed E-state index contributed by atoms with van der Waals surface area (Å²) in [6.07, 6.45) is 0.200. The summed E-state index contributed by atoms with van der Waals surface area (Å²) in [7, 11) is 0. The lowest BCUT2D eigenvalue weighted by atomic mass is 10.1. The minimum atomic E-state index is -0.710. The summed E-state index contributed by atoms with van der Waals surface area (Å²) in [5, 5.41) is 16.1. The molecule has 0 saturated carbocycles. The van der Waals surface area contributed by atoms with Crippen molar-refractivity contribution < 1.29 is 9.90 Å². The quantitative estimate of drug-likeness (QED) is 0.704. The van der Waals surface area contributed by atoms with E-state index in [4.69, 9.17) is 11.6 Å². The van der Waals surface area contributed by atoms with Gasteiger partial charge in [-0.15, -0.1) is 0 Å². The van der Waals surface area contributed by atoms with E-state index >= 15 is 0 Å². The van der Waals surface area contributed by atoms with Crippen LogP contribution in [0, 0.1) is 0 Å². The Morgan fingerprint density at radius 2 is 2.17 bits per heavy atom. The molecule has 0 aliphatic heterocycles. The molecule has 0 bridgehead atoms. The lowest BCUT2D eigenvalue weighted by Crippen LogP contribution is -2.35. The minimum absolute atomic E-state index is 0.0665. The maximum absolute atomic E-state index is 11.3. The lowest BCUT2D eigenvalue weighted by molar-refractivity contribution is -0.120. The van der Waals surface area contributed by atoms with Gasteiger partial charge in [-0.25, -0.2) is 0 Å². The first-order valence-corrected chi connectivity index (χ1v) is 6.42. The fraction of sp³-hybridized carbons (Fsp3) is 0.462. The van der Waals surface area contributed by atoms with Crippen molar-refractivity contribution in [2.75, 3.05) is 19.6 Å². The highest BCUT2D eigenvalue weighted by molar-refractivity contribution is 6.31. The van der Waals surface area contributed by atoms with E-state index < -0.39 is 6.10 Å². The zero-order chi connectivity index (χ0) is 13.4. The van der Waals surface area contributed by atoms with Gasteiger partial charge in [0.2, 0.25) is 5.91 Å². The molecule has 1 unspecified atom stereocenters. The highest BCUT2D eigenvalue weighted by Crippen LogP contribution is 2.21. The molecule has 100 valence electrons. The fourth-order valence-electron chi connectivity index (χ4n) is 1.50. The Morgan fingerprint density at radius 1 is 1.44 bits per heavy atom. The Morgan fingerprint density at radius 3 is 2.83 bits per heavy atom. The Bertz CT molecular complexity index is 385. The van der Waals surface area contributed by atoms with Gasteiger partial charge >= 0.3 is 0 Å². The van der Waals surface area contributed by atoms with Crippen LogP contribution in [0.3, 0.4) is 0 Å². The molecule has 1 amide bonds. The first-order chi connectivity index (χ1) is 8.65. The van der Waals surface area contributed by atoms with Crippen LogP contribution in [0.15, 0.2) is 24.3 Å². The molecule has 4 nitrogen and oxygen atoms in total. The number of nitrogens with one attached hydrogen (secondary N) is 2. The molecule has 18 heavy (non-hydrogen) atoms. The van der Waals surface area contributed by atoms with Crippen LogP contribution >= 0.6 is 11.6 Å². The second-order valence-electron chi connectivity index (χ2n) is 4.02. The smallest absolute Gasteiger partial charge is 0.233 e. The van der Waals surface area contributed by atoms with Crippen molar-refractivity contribution in [2.45, 2.75) is 19.4 Å². The van der Waals surface area contributed by atoms with E-state index in [-0.39, 0.29) is 12.5 Å². The maximum Gasteiger partial charge on any atom is 0.233 e. The van der Waals surface area contributed by atoms with Crippen LogP contribution in [0.5, 0.6) is 0 Å². The number of halogens is 1. The van der Waals surface area contributed by atoms with E-state index in [1.807, 2.05) is 19.1 Å². The first kappa shape index (κ1) is 15.0. The van der Waals surface area contributed by atoms with E-state index in [0.29, 0.717) is 23.7 Å². The van der Waals surface area contributed by atoms with Crippen molar-refractivity contribution in [3.63, 3.8) is 0 Å². The van der Waals surface area contributed by atoms with Crippen molar-refractivity contribution in [1.82, 2.24) is 10.6 Å². The Balaban J connectivity index is 2.31. The molecule has 1 atom stereocenters. The molecule has 0 fully saturated rings. The van der Waals surface area contributed by atoms with Gasteiger partial charge in [0.15, 0.2) is 0 Å². The molecule has 5 heteroatoms. The van der Waals surface area contributed by atoms with Gasteiger partial charge in [0.1, 0.15) is 0 Å². The molecule has 0 spiro atoms. The summed E-state index contributed by atoms with van der Waals surface area (Å²) >= 11 is 5.96. The van der Waals surface area contributed by atoms with Crippen LogP contribution in [-0.4, -0.2) is 30.6 Å². The predicted octanol–water partition coefficient (Wildman–Crippen LogP) is 1.49. The average molecular weight is 271 g/mol. The molecular weight excluding hydrogens is 252 g/mol. The summed E-state index contributed by atoms with van der Waals surface area (Å²) in [5.74, 6) is -0.0665. The van der Waals surface area contributed by atoms with Crippen molar-refractivity contribution in [3.8, 4) is 0 Å². The third kappa shape index (κ3) is 5.04. The summed E-state index contributed by atoms with van der Waals surface area (Å²) in [6.45, 7) is 3.16. The van der Waals surface area contributed by atoms with Crippen LogP contribution in [0.25, 0.3) is 0 Å². The standard InChI is InChI=1S/C13H19ClN2O2/c1-2-7-16-13(18)9-15-8-12(17)10-5-3-4-6-11(10)14/h3-6,12,15,17H,2,7-9H2,1H3,(H,16,18). The zero-order valence-corrected chi connectivity index (χ0v) is 11.2. The van der Waals surface area contributed by atoms with E-state index in [9.17, 15) is 9.90 Å². The molecule has 0 aliphatic carbocycles. The molecule has 1 rings (SSSR count). The Hall–Kier alpha value is -1.10. The summed E-state index contributed by atoms with van der Waals surface area (Å²) in [6, 6.07) is 7.13. The predicted molar refractivity (Wildman–Crippen MR) is 72.6 cm³/mol. The van der Waals surface area contributed by atoms with Crippen LogP contribution in [-0.2, 0) is 4.79 Å². The van der Waals surface area contributed by atoms with Gasteiger partial charge in [0.25, 0.3) is 0 Å². The summed E-state index contributed by atoms with van der Waals surface area (Å²) < 4.78 is 0. The molecule has 0 radical (unpaired) electrons. The molecule has 1 aromatic rings. The number of hydrogen-bond donors (Lipinski definition) is 3. The number of amides is 1. The van der Waals surface area contributed by atoms with Crippen molar-refractivity contribution in [2.24, 2.45) is 0 Å². The first-order valence-electron chi connectivity index (χ1n) is 6.05. The number of aliphatic hydroxyl groups excluding tert-OH is 1. The van der Waals surface area contributed by atoms with Gasteiger partial charge in [-0.2, -0.15) is 0 Å². The van der Waals surface area contributed by atoms with Crippen molar-refractivity contribution in [1.29, 1.82) is 0 Å². The van der Waals surface area contributed by atoms with E-state index in [2.05, 4.69) is 10.6 Å². The largest absolute Gasteiger partial charge is 0.387 e. The van der Waals surface area contributed by atoms with Crippen molar-refractivity contribution in [3.05, 3.63) is 34.9 Å². The molecule has 0 saturated heterocycles. The van der Waals surface area contributed by atoms with Gasteiger partial charge < -0.3 is 15.7 Å². The van der Waals surface area contributed by atoms with E-state index in [0.717, 1.165) is 6.42 Å². The molecule has 0 aromatic heterocycles. The number of aliphatic hydroxyl groups is 1. The van der Waals surface area contributed by atoms with Gasteiger partial charge in [-0.3, -0.25) is 4.79 Å². The number of carbonyl (C=O) groups is 1. The van der Waals surface area contributed by atoms with Crippen LogP contribution in [0.2, 0.25) is 5.02 Å². The number of hydrogen-bond acceptors (Lipinski definition) is 3. The summed E-state index contributed by atoms with van der Waals surface area (Å²) in [4.78, 5) is 11.3. The normalized spacial score (nSPS) is 12.2. The molecule has 3 N–H and O–H groups in total. The highest BCUT2D eigenvalue weighted by atomic mass is 35.5. The fourth-order valence-corrected chi connectivity index (χ4v) is 1.77. The number of carbonyl (C=O) groups excluding carboxylic acids is 1. The third-order valence-corrected chi connectivity index (χ3v) is 2.80. The monoisotopic (exact) mass is 270 g/mol. The topological polar surface area (TPSA) is 61.4 Å². The van der Waals surface area contributed by atoms with Gasteiger partial charge in [0, 0.05) is 23.7 Å². The second-order valence-corrected chi connectivity index (χ2v) is 4.43. The van der Waals surface area contributed by atoms with Gasteiger partial charge in [-0.05, 0) is 12.5 Å². The van der Waals surface area contributed by atoms with Gasteiger partial charge in [-0.1, -0.05) is 36.7 Å². The number of rotatable bonds is 7. The van der Waals surface area contributed by atoms with Crippen LogP contribution in [0.1, 0.15) is 25.0 Å². The maximum atomic E-state index is 11.3. The van der Waals surface area contributed by atoms with E-state index in [1.54, 1.807) is 12.1 Å². The summed E-state index contributed by atoms with van der Waals surface area (Å²) in [5.41, 5.74) is 0.667. The zero-order valence-electron chi connectivity index (χ0n) is 10.4. The third-order valence-electron chi connectivity index (χ3n) is 2.46. The molecule has 0 aliphatic rings. The molecular formula is C13H19ClN2O2. The van der Waals surface area contributed by atoms with Crippen LogP contribution in [0.4, 0.5) is 0 Å². The molecule has 0 heterocycles. The van der Waals surface area contributed by atoms with E-state index in [1.165, 1.54) is 0 Å². The van der Waals surface area contributed by atoms with Crippen LogP contribution < -0.4 is 10.6 Å². The minimum Gasteiger partial charge on any atom is -0.387 e.